The van der Waals surface area contributed by atoms with Gasteiger partial charge in [0, 0.05) is 21.7 Å². The predicted molar refractivity (Wildman–Crippen MR) is 149 cm³/mol. The van der Waals surface area contributed by atoms with Gasteiger partial charge >= 0.3 is 14.2 Å². The van der Waals surface area contributed by atoms with Crippen molar-refractivity contribution in [1.82, 2.24) is 0 Å². The fourth-order valence-corrected chi connectivity index (χ4v) is 5.28. The monoisotopic (exact) mass is 502 g/mol. The van der Waals surface area contributed by atoms with E-state index in [2.05, 4.69) is 12.1 Å². The van der Waals surface area contributed by atoms with Crippen molar-refractivity contribution in [2.24, 2.45) is 0 Å². The number of hydrogen-bond acceptors (Lipinski definition) is 6. The van der Waals surface area contributed by atoms with Crippen LogP contribution in [0.25, 0.3) is 21.5 Å². The zero-order chi connectivity index (χ0) is 25.3. The molecule has 0 aliphatic carbocycles. The molecule has 0 N–H and O–H groups in total. The predicted octanol–water partition coefficient (Wildman–Crippen LogP) is 5.06. The molecule has 186 valence electrons. The molecule has 2 aliphatic rings. The smallest absolute Gasteiger partial charge is 0.457 e. The Morgan fingerprint density at radius 1 is 0.447 bits per heavy atom. The second kappa shape index (κ2) is 10.2. The number of rotatable bonds is 6. The lowest BCUT2D eigenvalue weighted by Gasteiger charge is -2.22. The second-order valence-corrected chi connectivity index (χ2v) is 9.16. The third-order valence-electron chi connectivity index (χ3n) is 6.83. The summed E-state index contributed by atoms with van der Waals surface area (Å²) in [7, 11) is -1.10. The topological polar surface area (TPSA) is 55.4 Å². The van der Waals surface area contributed by atoms with E-state index in [0.717, 1.165) is 44.0 Å². The van der Waals surface area contributed by atoms with E-state index in [1.165, 1.54) is 0 Å². The first-order valence-electron chi connectivity index (χ1n) is 12.8. The zero-order valence-electron chi connectivity index (χ0n) is 20.7. The summed E-state index contributed by atoms with van der Waals surface area (Å²) in [5, 5.41) is 3.69. The van der Waals surface area contributed by atoms with Crippen LogP contribution in [-0.2, 0) is 18.6 Å². The number of benzene rings is 5. The maximum absolute atomic E-state index is 6.46. The van der Waals surface area contributed by atoms with Gasteiger partial charge in [-0.05, 0) is 47.2 Å². The van der Waals surface area contributed by atoms with E-state index < -0.39 is 14.2 Å². The zero-order valence-corrected chi connectivity index (χ0v) is 20.7. The molecular weight excluding hydrogens is 478 g/mol. The van der Waals surface area contributed by atoms with Gasteiger partial charge in [0.2, 0.25) is 0 Å². The SMILES string of the molecule is c1ccc(Oc2cccc3c(B4OCCO4)c4c(Oc5ccccc5)cccc4c(B4OCCO4)c23)cc1. The molecule has 0 atom stereocenters. The molecule has 38 heavy (non-hydrogen) atoms. The standard InChI is InChI=1S/C30H24B2O6/c1-3-9-21(10-4-1)37-25-15-7-13-23-27(25)29(31-33-17-18-34-31)24-14-8-16-26(38-22-11-5-2-6-12-22)28(24)30(23)32-35-19-20-36-32/h1-16H,17-20H2. The van der Waals surface area contributed by atoms with Gasteiger partial charge in [-0.1, -0.05) is 60.7 Å². The van der Waals surface area contributed by atoms with Crippen LogP contribution < -0.4 is 20.4 Å². The molecule has 0 radical (unpaired) electrons. The highest BCUT2D eigenvalue weighted by molar-refractivity contribution is 6.74. The molecule has 5 aromatic rings. The summed E-state index contributed by atoms with van der Waals surface area (Å²) >= 11 is 0. The van der Waals surface area contributed by atoms with Gasteiger partial charge in [0.1, 0.15) is 23.0 Å². The van der Waals surface area contributed by atoms with Gasteiger partial charge in [0.15, 0.2) is 0 Å². The Morgan fingerprint density at radius 3 is 1.24 bits per heavy atom. The van der Waals surface area contributed by atoms with Gasteiger partial charge in [0.05, 0.1) is 26.4 Å². The van der Waals surface area contributed by atoms with E-state index >= 15 is 0 Å². The van der Waals surface area contributed by atoms with Crippen LogP contribution >= 0.6 is 0 Å². The molecule has 2 fully saturated rings. The van der Waals surface area contributed by atoms with Gasteiger partial charge in [0.25, 0.3) is 0 Å². The van der Waals surface area contributed by atoms with Crippen LogP contribution in [0.1, 0.15) is 0 Å². The van der Waals surface area contributed by atoms with Crippen molar-refractivity contribution in [3.63, 3.8) is 0 Å². The molecular formula is C30H24B2O6. The Bertz CT molecular complexity index is 1460. The molecule has 0 saturated carbocycles. The van der Waals surface area contributed by atoms with E-state index in [1.54, 1.807) is 0 Å². The second-order valence-electron chi connectivity index (χ2n) is 9.16. The number of hydrogen-bond donors (Lipinski definition) is 0. The summed E-state index contributed by atoms with van der Waals surface area (Å²) < 4.78 is 37.3. The van der Waals surface area contributed by atoms with Crippen molar-refractivity contribution in [1.29, 1.82) is 0 Å². The molecule has 6 nitrogen and oxygen atoms in total. The first-order chi connectivity index (χ1) is 18.9. The molecule has 5 aromatic carbocycles. The summed E-state index contributed by atoms with van der Waals surface area (Å²) in [6, 6.07) is 31.6. The maximum Gasteiger partial charge on any atom is 0.495 e. The van der Waals surface area contributed by atoms with Gasteiger partial charge in [-0.2, -0.15) is 0 Å². The lowest BCUT2D eigenvalue weighted by Crippen LogP contribution is -2.39. The highest BCUT2D eigenvalue weighted by atomic mass is 16.6. The van der Waals surface area contributed by atoms with Crippen LogP contribution in [-0.4, -0.2) is 40.7 Å². The molecule has 0 unspecified atom stereocenters. The largest absolute Gasteiger partial charge is 0.495 e. The summed E-state index contributed by atoms with van der Waals surface area (Å²) in [4.78, 5) is 0. The van der Waals surface area contributed by atoms with E-state index in [9.17, 15) is 0 Å². The van der Waals surface area contributed by atoms with Crippen LogP contribution in [0.3, 0.4) is 0 Å². The Morgan fingerprint density at radius 2 is 0.842 bits per heavy atom. The van der Waals surface area contributed by atoms with Crippen molar-refractivity contribution in [2.75, 3.05) is 26.4 Å². The fourth-order valence-electron chi connectivity index (χ4n) is 5.28. The first kappa shape index (κ1) is 23.3. The molecule has 0 aromatic heterocycles. The van der Waals surface area contributed by atoms with Crippen molar-refractivity contribution in [2.45, 2.75) is 0 Å². The van der Waals surface area contributed by atoms with Gasteiger partial charge in [-0.15, -0.1) is 0 Å². The number of fused-ring (bicyclic) bond motifs is 2. The maximum atomic E-state index is 6.46. The van der Waals surface area contributed by atoms with E-state index in [-0.39, 0.29) is 0 Å². The van der Waals surface area contributed by atoms with Crippen molar-refractivity contribution < 1.29 is 28.1 Å². The number of para-hydroxylation sites is 2. The van der Waals surface area contributed by atoms with Gasteiger partial charge in [-0.25, -0.2) is 0 Å². The summed E-state index contributed by atoms with van der Waals surface area (Å²) in [5.74, 6) is 2.91. The van der Waals surface area contributed by atoms with Crippen LogP contribution in [0.4, 0.5) is 0 Å². The summed E-state index contributed by atoms with van der Waals surface area (Å²) in [6.07, 6.45) is 0. The van der Waals surface area contributed by atoms with E-state index in [1.807, 2.05) is 84.9 Å². The van der Waals surface area contributed by atoms with Crippen LogP contribution in [0.5, 0.6) is 23.0 Å². The Hall–Kier alpha value is -3.81. The third-order valence-corrected chi connectivity index (χ3v) is 6.83. The first-order valence-corrected chi connectivity index (χ1v) is 12.8. The van der Waals surface area contributed by atoms with Crippen LogP contribution in [0, 0.1) is 0 Å². The normalized spacial score (nSPS) is 15.5. The molecule has 0 bridgehead atoms. The quantitative estimate of drug-likeness (QED) is 0.239. The Balaban J connectivity index is 1.55. The Labute approximate surface area is 221 Å². The molecule has 8 heteroatoms. The van der Waals surface area contributed by atoms with Crippen LogP contribution in [0.2, 0.25) is 0 Å². The minimum Gasteiger partial charge on any atom is -0.457 e. The highest BCUT2D eigenvalue weighted by Crippen LogP contribution is 2.36. The third kappa shape index (κ3) is 4.22. The van der Waals surface area contributed by atoms with Crippen molar-refractivity contribution in [3.05, 3.63) is 97.1 Å². The minimum absolute atomic E-state index is 0.520. The molecule has 7 rings (SSSR count). The molecule has 2 aliphatic heterocycles. The number of ether oxygens (including phenoxy) is 2. The average molecular weight is 502 g/mol. The minimum atomic E-state index is -0.549. The van der Waals surface area contributed by atoms with Crippen molar-refractivity contribution >= 4 is 46.7 Å². The molecule has 0 spiro atoms. The molecule has 2 heterocycles. The lowest BCUT2D eigenvalue weighted by atomic mass is 9.66. The highest BCUT2D eigenvalue weighted by Gasteiger charge is 2.38. The van der Waals surface area contributed by atoms with Gasteiger partial charge in [-0.3, -0.25) is 0 Å². The van der Waals surface area contributed by atoms with E-state index in [0.29, 0.717) is 37.9 Å². The lowest BCUT2D eigenvalue weighted by molar-refractivity contribution is 0.365. The fraction of sp³-hybridized carbons (Fsp3) is 0.133. The van der Waals surface area contributed by atoms with Crippen molar-refractivity contribution in [3.8, 4) is 23.0 Å². The molecule has 0 amide bonds. The van der Waals surface area contributed by atoms with Crippen LogP contribution in [0.15, 0.2) is 97.1 Å². The average Bonchev–Trinajstić information content (AvgIpc) is 3.69. The molecule has 2 saturated heterocycles. The Kier molecular flexibility index (Phi) is 6.23. The summed E-state index contributed by atoms with van der Waals surface area (Å²) in [6.45, 7) is 2.08. The van der Waals surface area contributed by atoms with E-state index in [4.69, 9.17) is 28.1 Å². The van der Waals surface area contributed by atoms with Gasteiger partial charge < -0.3 is 28.1 Å². The summed E-state index contributed by atoms with van der Waals surface area (Å²) in [5.41, 5.74) is 1.80.